The largest absolute Gasteiger partial charge is 0.487 e. The second-order valence-corrected chi connectivity index (χ2v) is 7.45. The summed E-state index contributed by atoms with van der Waals surface area (Å²) in [6.07, 6.45) is 3.09. The molecule has 1 aliphatic heterocycles. The van der Waals surface area contributed by atoms with Gasteiger partial charge in [-0.1, -0.05) is 50.2 Å². The molecule has 0 saturated carbocycles. The maximum absolute atomic E-state index is 12.7. The van der Waals surface area contributed by atoms with Crippen LogP contribution in [0.25, 0.3) is 0 Å². The summed E-state index contributed by atoms with van der Waals surface area (Å²) >= 11 is 0. The Balaban J connectivity index is 1.79. The van der Waals surface area contributed by atoms with Gasteiger partial charge in [-0.15, -0.1) is 0 Å². The van der Waals surface area contributed by atoms with E-state index in [1.807, 2.05) is 24.3 Å². The molecular weight excluding hydrogens is 322 g/mol. The van der Waals surface area contributed by atoms with Crippen molar-refractivity contribution in [2.45, 2.75) is 65.0 Å². The minimum Gasteiger partial charge on any atom is -0.487 e. The van der Waals surface area contributed by atoms with E-state index in [1.165, 1.54) is 11.1 Å². The standard InChI is InChI=1S/C23H29NO2/c1-5-23(6-2)15-20(19-9-7-8-10-21(19)26-23)24-22(25)14-18-12-11-16(3)17(4)13-18/h7-13,20H,5-6,14-15H2,1-4H3,(H,24,25)/t20-/m1/s1. The van der Waals surface area contributed by atoms with Crippen LogP contribution in [0, 0.1) is 13.8 Å². The molecule has 0 aromatic heterocycles. The molecule has 0 unspecified atom stereocenters. The summed E-state index contributed by atoms with van der Waals surface area (Å²) in [7, 11) is 0. The first-order valence-electron chi connectivity index (χ1n) is 9.60. The summed E-state index contributed by atoms with van der Waals surface area (Å²) in [6, 6.07) is 14.3. The summed E-state index contributed by atoms with van der Waals surface area (Å²) in [5.41, 5.74) is 4.42. The first kappa shape index (κ1) is 18.5. The molecule has 138 valence electrons. The molecule has 1 heterocycles. The van der Waals surface area contributed by atoms with E-state index in [4.69, 9.17) is 4.74 Å². The van der Waals surface area contributed by atoms with Crippen molar-refractivity contribution in [2.24, 2.45) is 0 Å². The Morgan fingerprint density at radius 1 is 1.12 bits per heavy atom. The molecule has 1 N–H and O–H groups in total. The average molecular weight is 351 g/mol. The minimum atomic E-state index is -0.202. The Kier molecular flexibility index (Phi) is 5.36. The first-order chi connectivity index (χ1) is 12.5. The first-order valence-corrected chi connectivity index (χ1v) is 9.60. The normalized spacial score (nSPS) is 17.9. The molecule has 0 fully saturated rings. The molecule has 1 amide bonds. The number of fused-ring (bicyclic) bond motifs is 1. The molecule has 3 rings (SSSR count). The van der Waals surface area contributed by atoms with Gasteiger partial charge in [-0.25, -0.2) is 0 Å². The number of benzene rings is 2. The van der Waals surface area contributed by atoms with Crippen LogP contribution in [-0.4, -0.2) is 11.5 Å². The van der Waals surface area contributed by atoms with Crippen molar-refractivity contribution >= 4 is 5.91 Å². The van der Waals surface area contributed by atoms with Gasteiger partial charge in [0.2, 0.25) is 5.91 Å². The fourth-order valence-corrected chi connectivity index (χ4v) is 3.77. The summed E-state index contributed by atoms with van der Waals surface area (Å²) in [5.74, 6) is 0.968. The van der Waals surface area contributed by atoms with E-state index in [0.717, 1.165) is 36.1 Å². The van der Waals surface area contributed by atoms with Crippen LogP contribution in [0.4, 0.5) is 0 Å². The fourth-order valence-electron chi connectivity index (χ4n) is 3.77. The van der Waals surface area contributed by atoms with Crippen LogP contribution in [0.15, 0.2) is 42.5 Å². The molecule has 3 heteroatoms. The monoisotopic (exact) mass is 351 g/mol. The van der Waals surface area contributed by atoms with Gasteiger partial charge in [-0.3, -0.25) is 4.79 Å². The molecule has 0 radical (unpaired) electrons. The van der Waals surface area contributed by atoms with E-state index < -0.39 is 0 Å². The summed E-state index contributed by atoms with van der Waals surface area (Å²) in [5, 5.41) is 3.26. The third-order valence-electron chi connectivity index (χ3n) is 5.76. The van der Waals surface area contributed by atoms with Gasteiger partial charge in [-0.05, 0) is 49.4 Å². The maximum Gasteiger partial charge on any atom is 0.224 e. The zero-order valence-electron chi connectivity index (χ0n) is 16.3. The molecule has 0 saturated heterocycles. The molecule has 26 heavy (non-hydrogen) atoms. The second-order valence-electron chi connectivity index (χ2n) is 7.45. The third-order valence-corrected chi connectivity index (χ3v) is 5.76. The van der Waals surface area contributed by atoms with Crippen LogP contribution in [0.2, 0.25) is 0 Å². The van der Waals surface area contributed by atoms with E-state index in [-0.39, 0.29) is 17.6 Å². The zero-order valence-corrected chi connectivity index (χ0v) is 16.3. The topological polar surface area (TPSA) is 38.3 Å². The third kappa shape index (κ3) is 3.77. The summed E-state index contributed by atoms with van der Waals surface area (Å²) in [6.45, 7) is 8.49. The van der Waals surface area contributed by atoms with Crippen molar-refractivity contribution in [3.05, 3.63) is 64.7 Å². The number of aryl methyl sites for hydroxylation is 2. The predicted octanol–water partition coefficient (Wildman–Crippen LogP) is 5.04. The van der Waals surface area contributed by atoms with Crippen LogP contribution in [0.1, 0.15) is 61.4 Å². The zero-order chi connectivity index (χ0) is 18.7. The quantitative estimate of drug-likeness (QED) is 0.819. The van der Waals surface area contributed by atoms with Crippen molar-refractivity contribution in [1.82, 2.24) is 5.32 Å². The van der Waals surface area contributed by atoms with E-state index in [0.29, 0.717) is 6.42 Å². The van der Waals surface area contributed by atoms with Gasteiger partial charge in [0.25, 0.3) is 0 Å². The van der Waals surface area contributed by atoms with E-state index >= 15 is 0 Å². The molecule has 0 spiro atoms. The predicted molar refractivity (Wildman–Crippen MR) is 106 cm³/mol. The molecule has 2 aromatic rings. The highest BCUT2D eigenvalue weighted by Crippen LogP contribution is 2.42. The summed E-state index contributed by atoms with van der Waals surface area (Å²) < 4.78 is 6.33. The lowest BCUT2D eigenvalue weighted by atomic mass is 9.83. The van der Waals surface area contributed by atoms with Crippen molar-refractivity contribution < 1.29 is 9.53 Å². The molecular formula is C23H29NO2. The average Bonchev–Trinajstić information content (AvgIpc) is 2.64. The summed E-state index contributed by atoms with van der Waals surface area (Å²) in [4.78, 5) is 12.7. The number of amides is 1. The Hall–Kier alpha value is -2.29. The lowest BCUT2D eigenvalue weighted by Gasteiger charge is -2.41. The molecule has 3 nitrogen and oxygen atoms in total. The number of ether oxygens (including phenoxy) is 1. The number of carbonyl (C=O) groups is 1. The number of nitrogens with one attached hydrogen (secondary N) is 1. The van der Waals surface area contributed by atoms with Crippen LogP contribution in [0.5, 0.6) is 5.75 Å². The Bertz CT molecular complexity index is 793. The van der Waals surface area contributed by atoms with Gasteiger partial charge in [-0.2, -0.15) is 0 Å². The number of carbonyl (C=O) groups excluding carboxylic acids is 1. The van der Waals surface area contributed by atoms with Gasteiger partial charge in [0, 0.05) is 12.0 Å². The van der Waals surface area contributed by atoms with Crippen LogP contribution >= 0.6 is 0 Å². The Labute approximate surface area is 156 Å². The number of hydrogen-bond acceptors (Lipinski definition) is 2. The van der Waals surface area contributed by atoms with E-state index in [1.54, 1.807) is 0 Å². The highest BCUT2D eigenvalue weighted by Gasteiger charge is 2.38. The van der Waals surface area contributed by atoms with Crippen LogP contribution in [0.3, 0.4) is 0 Å². The minimum absolute atomic E-state index is 0.00102. The Morgan fingerprint density at radius 3 is 2.54 bits per heavy atom. The fraction of sp³-hybridized carbons (Fsp3) is 0.435. The molecule has 0 aliphatic carbocycles. The smallest absolute Gasteiger partial charge is 0.224 e. The molecule has 0 bridgehead atoms. The van der Waals surface area contributed by atoms with Gasteiger partial charge in [0.15, 0.2) is 0 Å². The maximum atomic E-state index is 12.7. The van der Waals surface area contributed by atoms with Crippen molar-refractivity contribution in [3.63, 3.8) is 0 Å². The van der Waals surface area contributed by atoms with Crippen molar-refractivity contribution in [1.29, 1.82) is 0 Å². The van der Waals surface area contributed by atoms with Crippen LogP contribution in [-0.2, 0) is 11.2 Å². The van der Waals surface area contributed by atoms with Gasteiger partial charge < -0.3 is 10.1 Å². The number of rotatable bonds is 5. The highest BCUT2D eigenvalue weighted by atomic mass is 16.5. The van der Waals surface area contributed by atoms with E-state index in [9.17, 15) is 4.79 Å². The lowest BCUT2D eigenvalue weighted by molar-refractivity contribution is -0.121. The van der Waals surface area contributed by atoms with Gasteiger partial charge in [0.05, 0.1) is 12.5 Å². The van der Waals surface area contributed by atoms with Crippen molar-refractivity contribution in [3.8, 4) is 5.75 Å². The number of para-hydroxylation sites is 1. The molecule has 2 aromatic carbocycles. The van der Waals surface area contributed by atoms with E-state index in [2.05, 4.69) is 51.2 Å². The number of hydrogen-bond donors (Lipinski definition) is 1. The molecule has 1 aliphatic rings. The van der Waals surface area contributed by atoms with Crippen LogP contribution < -0.4 is 10.1 Å². The highest BCUT2D eigenvalue weighted by molar-refractivity contribution is 5.79. The molecule has 1 atom stereocenters. The van der Waals surface area contributed by atoms with Gasteiger partial charge in [0.1, 0.15) is 11.4 Å². The Morgan fingerprint density at radius 2 is 1.85 bits per heavy atom. The van der Waals surface area contributed by atoms with Crippen molar-refractivity contribution in [2.75, 3.05) is 0 Å². The van der Waals surface area contributed by atoms with Gasteiger partial charge >= 0.3 is 0 Å². The lowest BCUT2D eigenvalue weighted by Crippen LogP contribution is -2.44. The second kappa shape index (κ2) is 7.53. The SMILES string of the molecule is CCC1(CC)C[C@@H](NC(=O)Cc2ccc(C)c(C)c2)c2ccccc2O1.